The van der Waals surface area contributed by atoms with E-state index in [4.69, 9.17) is 4.42 Å². The molecule has 16 heavy (non-hydrogen) atoms. The quantitative estimate of drug-likeness (QED) is 0.792. The molecule has 1 fully saturated rings. The van der Waals surface area contributed by atoms with E-state index < -0.39 is 0 Å². The second-order valence-corrected chi connectivity index (χ2v) is 5.13. The van der Waals surface area contributed by atoms with Crippen LogP contribution in [-0.4, -0.2) is 6.04 Å². The first-order valence-electron chi connectivity index (χ1n) is 6.53. The molecule has 0 amide bonds. The van der Waals surface area contributed by atoms with Gasteiger partial charge in [-0.25, -0.2) is 0 Å². The lowest BCUT2D eigenvalue weighted by molar-refractivity contribution is 0.369. The maximum Gasteiger partial charge on any atom is 0.120 e. The van der Waals surface area contributed by atoms with Crippen molar-refractivity contribution in [1.82, 2.24) is 5.32 Å². The molecule has 90 valence electrons. The smallest absolute Gasteiger partial charge is 0.120 e. The maximum absolute atomic E-state index is 5.75. The van der Waals surface area contributed by atoms with Crippen molar-refractivity contribution in [3.05, 3.63) is 23.7 Å². The first-order valence-corrected chi connectivity index (χ1v) is 6.53. The highest BCUT2D eigenvalue weighted by Gasteiger charge is 2.24. The number of furan rings is 1. The predicted octanol–water partition coefficient (Wildman–Crippen LogP) is 3.68. The van der Waals surface area contributed by atoms with E-state index in [2.05, 4.69) is 38.2 Å². The lowest BCUT2D eigenvalue weighted by Crippen LogP contribution is -2.29. The third kappa shape index (κ3) is 3.11. The van der Waals surface area contributed by atoms with Crippen molar-refractivity contribution in [3.8, 4) is 0 Å². The van der Waals surface area contributed by atoms with Crippen molar-refractivity contribution >= 4 is 0 Å². The monoisotopic (exact) mass is 221 g/mol. The SMILES string of the molecule is CCc1ccc(C(C)NC(C)CC2CC2)o1. The average Bonchev–Trinajstić information content (AvgIpc) is 2.93. The summed E-state index contributed by atoms with van der Waals surface area (Å²) in [5, 5.41) is 3.61. The Morgan fingerprint density at radius 3 is 2.69 bits per heavy atom. The third-order valence-electron chi connectivity index (χ3n) is 3.38. The zero-order chi connectivity index (χ0) is 11.5. The number of aryl methyl sites for hydroxylation is 1. The van der Waals surface area contributed by atoms with E-state index in [1.165, 1.54) is 19.3 Å². The molecule has 0 radical (unpaired) electrons. The van der Waals surface area contributed by atoms with Crippen LogP contribution in [0.25, 0.3) is 0 Å². The van der Waals surface area contributed by atoms with Crippen LogP contribution >= 0.6 is 0 Å². The van der Waals surface area contributed by atoms with E-state index in [9.17, 15) is 0 Å². The summed E-state index contributed by atoms with van der Waals surface area (Å²) in [4.78, 5) is 0. The summed E-state index contributed by atoms with van der Waals surface area (Å²) < 4.78 is 5.75. The van der Waals surface area contributed by atoms with E-state index in [1.54, 1.807) is 0 Å². The standard InChI is InChI=1S/C14H23NO/c1-4-13-7-8-14(16-13)11(3)15-10(2)9-12-5-6-12/h7-8,10-12,15H,4-6,9H2,1-3H3. The highest BCUT2D eigenvalue weighted by molar-refractivity contribution is 5.10. The van der Waals surface area contributed by atoms with Crippen molar-refractivity contribution in [1.29, 1.82) is 0 Å². The Kier molecular flexibility index (Phi) is 3.70. The molecule has 0 saturated heterocycles. The van der Waals surface area contributed by atoms with Gasteiger partial charge in [0.25, 0.3) is 0 Å². The summed E-state index contributed by atoms with van der Waals surface area (Å²) in [5.41, 5.74) is 0. The average molecular weight is 221 g/mol. The molecule has 1 heterocycles. The molecule has 1 aromatic rings. The first-order chi connectivity index (χ1) is 7.69. The predicted molar refractivity (Wildman–Crippen MR) is 66.4 cm³/mol. The fourth-order valence-electron chi connectivity index (χ4n) is 2.25. The van der Waals surface area contributed by atoms with Gasteiger partial charge in [0.2, 0.25) is 0 Å². The first kappa shape index (κ1) is 11.7. The van der Waals surface area contributed by atoms with Crippen LogP contribution in [-0.2, 0) is 6.42 Å². The Labute approximate surface area is 98.4 Å². The molecule has 2 nitrogen and oxygen atoms in total. The summed E-state index contributed by atoms with van der Waals surface area (Å²) in [5.74, 6) is 3.13. The molecule has 1 aliphatic carbocycles. The minimum Gasteiger partial charge on any atom is -0.464 e. The molecule has 0 spiro atoms. The zero-order valence-corrected chi connectivity index (χ0v) is 10.6. The van der Waals surface area contributed by atoms with Gasteiger partial charge in [0.1, 0.15) is 11.5 Å². The van der Waals surface area contributed by atoms with Crippen LogP contribution in [0.4, 0.5) is 0 Å². The normalized spacial score (nSPS) is 19.7. The minimum absolute atomic E-state index is 0.328. The summed E-state index contributed by atoms with van der Waals surface area (Å²) >= 11 is 0. The molecule has 2 unspecified atom stereocenters. The molecule has 0 bridgehead atoms. The molecule has 1 saturated carbocycles. The Morgan fingerprint density at radius 2 is 2.12 bits per heavy atom. The van der Waals surface area contributed by atoms with Crippen LogP contribution in [0.5, 0.6) is 0 Å². The topological polar surface area (TPSA) is 25.2 Å². The molecule has 2 atom stereocenters. The van der Waals surface area contributed by atoms with Gasteiger partial charge in [-0.3, -0.25) is 0 Å². The summed E-state index contributed by atoms with van der Waals surface area (Å²) in [7, 11) is 0. The Balaban J connectivity index is 1.83. The zero-order valence-electron chi connectivity index (χ0n) is 10.6. The van der Waals surface area contributed by atoms with Gasteiger partial charge in [0, 0.05) is 12.5 Å². The van der Waals surface area contributed by atoms with Gasteiger partial charge < -0.3 is 9.73 Å². The van der Waals surface area contributed by atoms with Gasteiger partial charge in [0.05, 0.1) is 6.04 Å². The van der Waals surface area contributed by atoms with Gasteiger partial charge >= 0.3 is 0 Å². The van der Waals surface area contributed by atoms with Crippen molar-refractivity contribution in [2.45, 2.75) is 58.5 Å². The van der Waals surface area contributed by atoms with Crippen molar-refractivity contribution < 1.29 is 4.42 Å². The van der Waals surface area contributed by atoms with Gasteiger partial charge in [-0.1, -0.05) is 19.8 Å². The maximum atomic E-state index is 5.75. The van der Waals surface area contributed by atoms with Crippen molar-refractivity contribution in [2.75, 3.05) is 0 Å². The fourth-order valence-corrected chi connectivity index (χ4v) is 2.25. The Morgan fingerprint density at radius 1 is 1.38 bits per heavy atom. The molecular formula is C14H23NO. The second-order valence-electron chi connectivity index (χ2n) is 5.13. The number of hydrogen-bond acceptors (Lipinski definition) is 2. The van der Waals surface area contributed by atoms with Crippen molar-refractivity contribution in [2.24, 2.45) is 5.92 Å². The largest absolute Gasteiger partial charge is 0.464 e. The fraction of sp³-hybridized carbons (Fsp3) is 0.714. The van der Waals surface area contributed by atoms with Gasteiger partial charge in [-0.2, -0.15) is 0 Å². The summed E-state index contributed by atoms with van der Waals surface area (Å²) in [6.07, 6.45) is 5.15. The molecule has 1 aliphatic rings. The molecule has 2 heteroatoms. The van der Waals surface area contributed by atoms with Crippen LogP contribution in [0.15, 0.2) is 16.5 Å². The van der Waals surface area contributed by atoms with Crippen LogP contribution in [0.3, 0.4) is 0 Å². The lowest BCUT2D eigenvalue weighted by Gasteiger charge is -2.18. The highest BCUT2D eigenvalue weighted by atomic mass is 16.3. The second kappa shape index (κ2) is 5.05. The molecule has 0 aromatic carbocycles. The van der Waals surface area contributed by atoms with E-state index in [-0.39, 0.29) is 0 Å². The van der Waals surface area contributed by atoms with Gasteiger partial charge in [0.15, 0.2) is 0 Å². The van der Waals surface area contributed by atoms with Crippen LogP contribution in [0.2, 0.25) is 0 Å². The molecular weight excluding hydrogens is 198 g/mol. The molecule has 1 aromatic heterocycles. The highest BCUT2D eigenvalue weighted by Crippen LogP contribution is 2.33. The number of hydrogen-bond donors (Lipinski definition) is 1. The van der Waals surface area contributed by atoms with E-state index >= 15 is 0 Å². The van der Waals surface area contributed by atoms with Crippen molar-refractivity contribution in [3.63, 3.8) is 0 Å². The van der Waals surface area contributed by atoms with Crippen LogP contribution < -0.4 is 5.32 Å². The van der Waals surface area contributed by atoms with Gasteiger partial charge in [-0.15, -0.1) is 0 Å². The molecule has 1 N–H and O–H groups in total. The molecule has 2 rings (SSSR count). The van der Waals surface area contributed by atoms with Crippen LogP contribution in [0, 0.1) is 5.92 Å². The van der Waals surface area contributed by atoms with Crippen LogP contribution in [0.1, 0.15) is 57.6 Å². The van der Waals surface area contributed by atoms with E-state index in [0.29, 0.717) is 12.1 Å². The van der Waals surface area contributed by atoms with Gasteiger partial charge in [-0.05, 0) is 38.3 Å². The summed E-state index contributed by atoms with van der Waals surface area (Å²) in [6, 6.07) is 5.10. The minimum atomic E-state index is 0.328. The molecule has 0 aliphatic heterocycles. The summed E-state index contributed by atoms with van der Waals surface area (Å²) in [6.45, 7) is 6.58. The van der Waals surface area contributed by atoms with E-state index in [0.717, 1.165) is 23.9 Å². The Hall–Kier alpha value is -0.760. The number of nitrogens with one attached hydrogen (secondary N) is 1. The third-order valence-corrected chi connectivity index (χ3v) is 3.38. The Bertz CT molecular complexity index is 327. The number of rotatable bonds is 6. The lowest BCUT2D eigenvalue weighted by atomic mass is 10.1. The van der Waals surface area contributed by atoms with E-state index in [1.807, 2.05) is 0 Å².